The van der Waals surface area contributed by atoms with E-state index in [2.05, 4.69) is 10.6 Å². The van der Waals surface area contributed by atoms with E-state index in [9.17, 15) is 23.6 Å². The molecule has 6 rings (SSSR count). The number of hydrogen-bond donors (Lipinski definition) is 2. The number of nitrogens with one attached hydrogen (secondary N) is 2. The number of carbonyl (C=O) groups is 4. The first-order chi connectivity index (χ1) is 25.8. The Labute approximate surface area is 309 Å². The van der Waals surface area contributed by atoms with Crippen molar-refractivity contribution in [2.75, 3.05) is 10.6 Å². The predicted molar refractivity (Wildman–Crippen MR) is 209 cm³/mol. The molecule has 6 nitrogen and oxygen atoms in total. The SMILES string of the molecule is O=C(CCc1ccccc1)Cc1ccc(NC(=O)c2cccc(F)c2)cc1.O=C(CCc1ccccc1)Cc1ccc(NC(=O)c2ccccc2)cc1. The smallest absolute Gasteiger partial charge is 0.255 e. The van der Waals surface area contributed by atoms with Crippen molar-refractivity contribution in [3.63, 3.8) is 0 Å². The third kappa shape index (κ3) is 13.0. The van der Waals surface area contributed by atoms with Gasteiger partial charge in [-0.1, -0.05) is 109 Å². The first-order valence-corrected chi connectivity index (χ1v) is 17.5. The lowest BCUT2D eigenvalue weighted by atomic mass is 10.0. The van der Waals surface area contributed by atoms with Gasteiger partial charge in [-0.25, -0.2) is 4.39 Å². The van der Waals surface area contributed by atoms with E-state index in [4.69, 9.17) is 0 Å². The lowest BCUT2D eigenvalue weighted by Gasteiger charge is -2.07. The van der Waals surface area contributed by atoms with Gasteiger partial charge in [0.25, 0.3) is 11.8 Å². The zero-order chi connectivity index (χ0) is 37.3. The molecule has 0 aliphatic carbocycles. The Morgan fingerprint density at radius 2 is 0.811 bits per heavy atom. The number of benzene rings is 6. The molecule has 7 heteroatoms. The van der Waals surface area contributed by atoms with Crippen LogP contribution in [0.4, 0.5) is 15.8 Å². The zero-order valence-corrected chi connectivity index (χ0v) is 29.3. The normalized spacial score (nSPS) is 10.4. The largest absolute Gasteiger partial charge is 0.322 e. The molecule has 0 saturated carbocycles. The summed E-state index contributed by atoms with van der Waals surface area (Å²) in [6, 6.07) is 49.2. The third-order valence-corrected chi connectivity index (χ3v) is 8.42. The first-order valence-electron chi connectivity index (χ1n) is 17.5. The van der Waals surface area contributed by atoms with E-state index in [1.165, 1.54) is 23.8 Å². The molecule has 266 valence electrons. The van der Waals surface area contributed by atoms with Crippen molar-refractivity contribution in [1.82, 2.24) is 0 Å². The van der Waals surface area contributed by atoms with Gasteiger partial charge in [-0.15, -0.1) is 0 Å². The summed E-state index contributed by atoms with van der Waals surface area (Å²) in [5.74, 6) is -0.573. The molecule has 0 aliphatic heterocycles. The fourth-order valence-electron chi connectivity index (χ4n) is 5.53. The maximum absolute atomic E-state index is 13.2. The molecule has 2 N–H and O–H groups in total. The maximum atomic E-state index is 13.2. The second kappa shape index (κ2) is 19.8. The van der Waals surface area contributed by atoms with Crippen LogP contribution in [-0.2, 0) is 35.3 Å². The number of anilines is 2. The van der Waals surface area contributed by atoms with Crippen LogP contribution in [0.25, 0.3) is 0 Å². The van der Waals surface area contributed by atoms with Gasteiger partial charge in [0.1, 0.15) is 17.4 Å². The van der Waals surface area contributed by atoms with E-state index in [-0.39, 0.29) is 28.9 Å². The third-order valence-electron chi connectivity index (χ3n) is 8.42. The second-order valence-corrected chi connectivity index (χ2v) is 12.6. The summed E-state index contributed by atoms with van der Waals surface area (Å²) < 4.78 is 13.2. The fourth-order valence-corrected chi connectivity index (χ4v) is 5.53. The number of carbonyl (C=O) groups excluding carboxylic acids is 4. The van der Waals surface area contributed by atoms with Crippen LogP contribution < -0.4 is 10.6 Å². The highest BCUT2D eigenvalue weighted by molar-refractivity contribution is 6.04. The molecule has 0 atom stereocenters. The van der Waals surface area contributed by atoms with Gasteiger partial charge >= 0.3 is 0 Å². The van der Waals surface area contributed by atoms with Gasteiger partial charge in [0.2, 0.25) is 0 Å². The number of aryl methyl sites for hydroxylation is 2. The van der Waals surface area contributed by atoms with Crippen LogP contribution >= 0.6 is 0 Å². The molecule has 2 amide bonds. The number of rotatable bonds is 14. The highest BCUT2D eigenvalue weighted by atomic mass is 19.1. The lowest BCUT2D eigenvalue weighted by molar-refractivity contribution is -0.119. The first kappa shape index (κ1) is 37.8. The van der Waals surface area contributed by atoms with Crippen LogP contribution in [0.2, 0.25) is 0 Å². The molecule has 0 bridgehead atoms. The summed E-state index contributed by atoms with van der Waals surface area (Å²) in [6.07, 6.45) is 3.33. The Bertz CT molecular complexity index is 2080. The van der Waals surface area contributed by atoms with Gasteiger partial charge in [0.05, 0.1) is 0 Å². The van der Waals surface area contributed by atoms with E-state index in [0.717, 1.165) is 35.2 Å². The molecule has 0 radical (unpaired) electrons. The molecule has 6 aromatic rings. The summed E-state index contributed by atoms with van der Waals surface area (Å²) in [5.41, 5.74) is 6.39. The molecular formula is C46H41FN2O4. The van der Waals surface area contributed by atoms with Crippen LogP contribution in [-0.4, -0.2) is 23.4 Å². The van der Waals surface area contributed by atoms with Crippen molar-refractivity contribution in [1.29, 1.82) is 0 Å². The second-order valence-electron chi connectivity index (χ2n) is 12.6. The minimum absolute atomic E-state index is 0.141. The van der Waals surface area contributed by atoms with Crippen LogP contribution in [0.3, 0.4) is 0 Å². The van der Waals surface area contributed by atoms with Crippen LogP contribution in [0, 0.1) is 5.82 Å². The fraction of sp³-hybridized carbons (Fsp3) is 0.130. The molecule has 0 saturated heterocycles. The van der Waals surface area contributed by atoms with E-state index in [1.807, 2.05) is 115 Å². The number of halogens is 1. The average Bonchev–Trinajstić information content (AvgIpc) is 3.19. The minimum Gasteiger partial charge on any atom is -0.322 e. The number of hydrogen-bond acceptors (Lipinski definition) is 4. The van der Waals surface area contributed by atoms with Gasteiger partial charge in [-0.2, -0.15) is 0 Å². The molecule has 0 aromatic heterocycles. The maximum Gasteiger partial charge on any atom is 0.255 e. The van der Waals surface area contributed by atoms with Gasteiger partial charge in [-0.05, 0) is 89.7 Å². The summed E-state index contributed by atoms with van der Waals surface area (Å²) >= 11 is 0. The van der Waals surface area contributed by atoms with Gasteiger partial charge < -0.3 is 10.6 Å². The standard InChI is InChI=1S/C23H20FNO2.C23H21NO2/c24-20-8-4-7-19(16-20)23(27)25-21-12-9-18(10-13-21)15-22(26)14-11-17-5-2-1-3-6-17;25-22(16-13-18-7-3-1-4-8-18)17-19-11-14-21(15-12-19)24-23(26)20-9-5-2-6-10-20/h1-10,12-13,16H,11,14-15H2,(H,25,27);1-12,14-15H,13,16-17H2,(H,24,26). The number of amides is 2. The molecule has 0 fully saturated rings. The summed E-state index contributed by atoms with van der Waals surface area (Å²) in [6.45, 7) is 0. The van der Waals surface area contributed by atoms with Crippen LogP contribution in [0.1, 0.15) is 55.8 Å². The summed E-state index contributed by atoms with van der Waals surface area (Å²) in [7, 11) is 0. The molecule has 0 unspecified atom stereocenters. The zero-order valence-electron chi connectivity index (χ0n) is 29.3. The van der Waals surface area contributed by atoms with Crippen molar-refractivity contribution >= 4 is 34.8 Å². The van der Waals surface area contributed by atoms with Crippen molar-refractivity contribution in [3.8, 4) is 0 Å². The molecular weight excluding hydrogens is 664 g/mol. The Kier molecular flexibility index (Phi) is 14.1. The Morgan fingerprint density at radius 3 is 1.25 bits per heavy atom. The molecule has 0 aliphatic rings. The number of Topliss-reactive ketones (excluding diaryl/α,β-unsaturated/α-hetero) is 2. The Hall–Kier alpha value is -6.47. The molecule has 0 spiro atoms. The summed E-state index contributed by atoms with van der Waals surface area (Å²) in [5, 5.41) is 5.58. The van der Waals surface area contributed by atoms with Crippen LogP contribution in [0.15, 0.2) is 164 Å². The van der Waals surface area contributed by atoms with Gasteiger partial charge in [-0.3, -0.25) is 19.2 Å². The average molecular weight is 705 g/mol. The topological polar surface area (TPSA) is 92.3 Å². The number of ketones is 2. The van der Waals surface area contributed by atoms with E-state index >= 15 is 0 Å². The summed E-state index contributed by atoms with van der Waals surface area (Å²) in [4.78, 5) is 48.6. The van der Waals surface area contributed by atoms with Gasteiger partial charge in [0, 0.05) is 48.2 Å². The van der Waals surface area contributed by atoms with Crippen molar-refractivity contribution in [2.24, 2.45) is 0 Å². The van der Waals surface area contributed by atoms with Gasteiger partial charge in [0.15, 0.2) is 0 Å². The minimum atomic E-state index is -0.452. The van der Waals surface area contributed by atoms with E-state index in [0.29, 0.717) is 36.9 Å². The highest BCUT2D eigenvalue weighted by Crippen LogP contribution is 2.15. The molecule has 53 heavy (non-hydrogen) atoms. The predicted octanol–water partition coefficient (Wildman–Crippen LogP) is 9.51. The quantitative estimate of drug-likeness (QED) is 0.118. The Balaban J connectivity index is 0.000000204. The van der Waals surface area contributed by atoms with Crippen molar-refractivity contribution < 1.29 is 23.6 Å². The van der Waals surface area contributed by atoms with E-state index in [1.54, 1.807) is 30.3 Å². The van der Waals surface area contributed by atoms with Crippen molar-refractivity contribution in [2.45, 2.75) is 38.5 Å². The molecule has 6 aromatic carbocycles. The van der Waals surface area contributed by atoms with Crippen LogP contribution in [0.5, 0.6) is 0 Å². The highest BCUT2D eigenvalue weighted by Gasteiger charge is 2.10. The molecule has 0 heterocycles. The lowest BCUT2D eigenvalue weighted by Crippen LogP contribution is -2.12. The Morgan fingerprint density at radius 1 is 0.415 bits per heavy atom. The van der Waals surface area contributed by atoms with E-state index < -0.39 is 5.82 Å². The monoisotopic (exact) mass is 704 g/mol. The van der Waals surface area contributed by atoms with Crippen molar-refractivity contribution in [3.05, 3.63) is 203 Å².